The highest BCUT2D eigenvalue weighted by Crippen LogP contribution is 2.29. The summed E-state index contributed by atoms with van der Waals surface area (Å²) in [4.78, 5) is 29.0. The lowest BCUT2D eigenvalue weighted by Crippen LogP contribution is -2.43. The number of piperidine rings is 1. The van der Waals surface area contributed by atoms with Crippen LogP contribution in [0.1, 0.15) is 63.6 Å². The second-order valence-electron chi connectivity index (χ2n) is 8.61. The van der Waals surface area contributed by atoms with E-state index in [1.54, 1.807) is 6.33 Å². The van der Waals surface area contributed by atoms with Crippen molar-refractivity contribution in [2.45, 2.75) is 76.8 Å². The lowest BCUT2D eigenvalue weighted by atomic mass is 9.95. The third kappa shape index (κ3) is 3.35. The fourth-order valence-corrected chi connectivity index (χ4v) is 5.10. The molecule has 1 saturated heterocycles. The molecule has 1 amide bonds. The largest absolute Gasteiger partial charge is 0.355 e. The first-order valence-corrected chi connectivity index (χ1v) is 11.0. The maximum absolute atomic E-state index is 12.6. The number of amides is 1. The quantitative estimate of drug-likeness (QED) is 0.883. The molecule has 2 fully saturated rings. The van der Waals surface area contributed by atoms with Crippen LogP contribution in [0.3, 0.4) is 0 Å². The van der Waals surface area contributed by atoms with Crippen molar-refractivity contribution in [2.75, 3.05) is 18.0 Å². The normalized spacial score (nSPS) is 21.6. The summed E-state index contributed by atoms with van der Waals surface area (Å²) in [5.74, 6) is 2.49. The smallest absolute Gasteiger partial charge is 0.223 e. The Morgan fingerprint density at radius 1 is 0.964 bits per heavy atom. The van der Waals surface area contributed by atoms with Gasteiger partial charge in [0.1, 0.15) is 12.2 Å². The highest BCUT2D eigenvalue weighted by molar-refractivity contribution is 5.84. The Bertz CT molecular complexity index is 848. The van der Waals surface area contributed by atoms with Gasteiger partial charge in [0, 0.05) is 38.0 Å². The molecule has 2 aliphatic heterocycles. The monoisotopic (exact) mass is 382 g/mol. The molecule has 5 rings (SSSR count). The third-order valence-corrected chi connectivity index (χ3v) is 6.74. The molecule has 2 aromatic heterocycles. The van der Waals surface area contributed by atoms with E-state index in [1.807, 2.05) is 0 Å². The van der Waals surface area contributed by atoms with Crippen LogP contribution in [0.25, 0.3) is 11.2 Å². The molecule has 28 heavy (non-hydrogen) atoms. The van der Waals surface area contributed by atoms with Crippen LogP contribution in [0.2, 0.25) is 0 Å². The van der Waals surface area contributed by atoms with Gasteiger partial charge in [0.15, 0.2) is 17.0 Å². The molecule has 0 unspecified atom stereocenters. The molecule has 4 heterocycles. The van der Waals surface area contributed by atoms with Gasteiger partial charge < -0.3 is 14.8 Å². The molecule has 2 aromatic rings. The lowest BCUT2D eigenvalue weighted by molar-refractivity contribution is -0.126. The van der Waals surface area contributed by atoms with Gasteiger partial charge in [-0.2, -0.15) is 0 Å². The Balaban J connectivity index is 1.30. The Labute approximate surface area is 165 Å². The van der Waals surface area contributed by atoms with E-state index in [1.165, 1.54) is 32.1 Å². The Hall–Kier alpha value is -2.18. The zero-order valence-electron chi connectivity index (χ0n) is 16.6. The number of rotatable bonds is 3. The minimum Gasteiger partial charge on any atom is -0.355 e. The maximum Gasteiger partial charge on any atom is 0.223 e. The van der Waals surface area contributed by atoms with Crippen LogP contribution in [0.5, 0.6) is 0 Å². The van der Waals surface area contributed by atoms with Crippen LogP contribution < -0.4 is 10.2 Å². The summed E-state index contributed by atoms with van der Waals surface area (Å²) >= 11 is 0. The molecular formula is C21H30N6O. The molecule has 150 valence electrons. The zero-order chi connectivity index (χ0) is 18.9. The molecule has 1 saturated carbocycles. The van der Waals surface area contributed by atoms with Crippen molar-refractivity contribution < 1.29 is 4.79 Å². The maximum atomic E-state index is 12.6. The van der Waals surface area contributed by atoms with E-state index in [0.29, 0.717) is 6.04 Å². The number of hydrogen-bond donors (Lipinski definition) is 1. The van der Waals surface area contributed by atoms with Crippen molar-refractivity contribution in [3.8, 4) is 0 Å². The van der Waals surface area contributed by atoms with Crippen molar-refractivity contribution in [3.63, 3.8) is 0 Å². The summed E-state index contributed by atoms with van der Waals surface area (Å²) in [6, 6.07) is 0.410. The van der Waals surface area contributed by atoms with Crippen LogP contribution >= 0.6 is 0 Å². The van der Waals surface area contributed by atoms with E-state index in [0.717, 1.165) is 74.5 Å². The predicted molar refractivity (Wildman–Crippen MR) is 108 cm³/mol. The number of hydrogen-bond acceptors (Lipinski definition) is 5. The number of anilines is 1. The Morgan fingerprint density at radius 2 is 1.79 bits per heavy atom. The first kappa shape index (κ1) is 17.9. The molecule has 0 spiro atoms. The topological polar surface area (TPSA) is 75.9 Å². The van der Waals surface area contributed by atoms with Gasteiger partial charge in [0.2, 0.25) is 5.91 Å². The van der Waals surface area contributed by atoms with Gasteiger partial charge in [-0.3, -0.25) is 4.79 Å². The average Bonchev–Trinajstić information content (AvgIpc) is 3.29. The number of carbonyl (C=O) groups is 1. The van der Waals surface area contributed by atoms with Crippen molar-refractivity contribution in [1.29, 1.82) is 0 Å². The molecular weight excluding hydrogens is 352 g/mol. The Kier molecular flexibility index (Phi) is 4.91. The van der Waals surface area contributed by atoms with E-state index >= 15 is 0 Å². The SMILES string of the molecule is O=C(NC1CCCC1)C1CCN(c2ncnc3c2nc2n3CCCCC2)CC1. The third-order valence-electron chi connectivity index (χ3n) is 6.74. The van der Waals surface area contributed by atoms with E-state index < -0.39 is 0 Å². The van der Waals surface area contributed by atoms with Crippen molar-refractivity contribution >= 4 is 22.9 Å². The fraction of sp³-hybridized carbons (Fsp3) is 0.714. The second kappa shape index (κ2) is 7.68. The average molecular weight is 383 g/mol. The molecule has 7 heteroatoms. The molecule has 7 nitrogen and oxygen atoms in total. The van der Waals surface area contributed by atoms with Crippen LogP contribution in [-0.2, 0) is 17.8 Å². The number of nitrogens with zero attached hydrogens (tertiary/aromatic N) is 5. The molecule has 0 atom stereocenters. The first-order chi connectivity index (χ1) is 13.8. The molecule has 3 aliphatic rings. The van der Waals surface area contributed by atoms with Crippen molar-refractivity contribution in [2.24, 2.45) is 5.92 Å². The van der Waals surface area contributed by atoms with Crippen LogP contribution in [0.15, 0.2) is 6.33 Å². The van der Waals surface area contributed by atoms with Gasteiger partial charge in [-0.05, 0) is 38.5 Å². The number of nitrogens with one attached hydrogen (secondary N) is 1. The number of aryl methyl sites for hydroxylation is 2. The summed E-state index contributed by atoms with van der Waals surface area (Å²) in [5.41, 5.74) is 1.91. The van der Waals surface area contributed by atoms with Crippen molar-refractivity contribution in [1.82, 2.24) is 24.8 Å². The molecule has 1 aliphatic carbocycles. The Morgan fingerprint density at radius 3 is 2.61 bits per heavy atom. The summed E-state index contributed by atoms with van der Waals surface area (Å²) in [5, 5.41) is 3.27. The predicted octanol–water partition coefficient (Wildman–Crippen LogP) is 2.83. The van der Waals surface area contributed by atoms with E-state index in [2.05, 4.69) is 24.8 Å². The summed E-state index contributed by atoms with van der Waals surface area (Å²) < 4.78 is 2.29. The molecule has 0 aromatic carbocycles. The van der Waals surface area contributed by atoms with Crippen LogP contribution in [-0.4, -0.2) is 44.6 Å². The molecule has 0 radical (unpaired) electrons. The van der Waals surface area contributed by atoms with Gasteiger partial charge in [-0.15, -0.1) is 0 Å². The van der Waals surface area contributed by atoms with E-state index in [-0.39, 0.29) is 11.8 Å². The van der Waals surface area contributed by atoms with Gasteiger partial charge >= 0.3 is 0 Å². The van der Waals surface area contributed by atoms with Crippen molar-refractivity contribution in [3.05, 3.63) is 12.2 Å². The minimum atomic E-state index is 0.132. The minimum absolute atomic E-state index is 0.132. The number of imidazole rings is 1. The number of aromatic nitrogens is 4. The standard InChI is InChI=1S/C21H30N6O/c28-21(24-16-6-3-4-7-16)15-9-12-26(13-10-15)19-18-20(23-14-22-19)27-11-5-1-2-8-17(27)25-18/h14-16H,1-13H2,(H,24,28). The number of fused-ring (bicyclic) bond motifs is 3. The van der Waals surface area contributed by atoms with Gasteiger partial charge in [0.25, 0.3) is 0 Å². The van der Waals surface area contributed by atoms with Gasteiger partial charge in [0.05, 0.1) is 0 Å². The summed E-state index contributed by atoms with van der Waals surface area (Å²) in [6.45, 7) is 2.72. The first-order valence-electron chi connectivity index (χ1n) is 11.0. The fourth-order valence-electron chi connectivity index (χ4n) is 5.10. The van der Waals surface area contributed by atoms with Gasteiger partial charge in [-0.25, -0.2) is 15.0 Å². The van der Waals surface area contributed by atoms with Crippen LogP contribution in [0, 0.1) is 5.92 Å². The zero-order valence-corrected chi connectivity index (χ0v) is 16.6. The highest BCUT2D eigenvalue weighted by Gasteiger charge is 2.29. The molecule has 1 N–H and O–H groups in total. The second-order valence-corrected chi connectivity index (χ2v) is 8.61. The van der Waals surface area contributed by atoms with E-state index in [4.69, 9.17) is 4.98 Å². The highest BCUT2D eigenvalue weighted by atomic mass is 16.1. The van der Waals surface area contributed by atoms with Crippen LogP contribution in [0.4, 0.5) is 5.82 Å². The van der Waals surface area contributed by atoms with Gasteiger partial charge in [-0.1, -0.05) is 19.3 Å². The summed E-state index contributed by atoms with van der Waals surface area (Å²) in [7, 11) is 0. The lowest BCUT2D eigenvalue weighted by Gasteiger charge is -2.32. The molecule has 0 bridgehead atoms. The summed E-state index contributed by atoms with van der Waals surface area (Å²) in [6.07, 6.45) is 12.9. The van der Waals surface area contributed by atoms with E-state index in [9.17, 15) is 4.79 Å². The number of carbonyl (C=O) groups excluding carboxylic acids is 1.